The zero-order valence-electron chi connectivity index (χ0n) is 14.1. The molecule has 0 spiro atoms. The number of carbonyl (C=O) groups is 2. The van der Waals surface area contributed by atoms with Gasteiger partial charge in [0.05, 0.1) is 5.56 Å². The third-order valence-electron chi connectivity index (χ3n) is 3.67. The van der Waals surface area contributed by atoms with Crippen molar-refractivity contribution in [3.63, 3.8) is 0 Å². The summed E-state index contributed by atoms with van der Waals surface area (Å²) in [5.41, 5.74) is 3.32. The second kappa shape index (κ2) is 8.55. The Bertz CT molecular complexity index is 743. The summed E-state index contributed by atoms with van der Waals surface area (Å²) in [6, 6.07) is 13.1. The topological polar surface area (TPSA) is 55.4 Å². The highest BCUT2D eigenvalue weighted by atomic mass is 32.2. The number of rotatable bonds is 6. The lowest BCUT2D eigenvalue weighted by Gasteiger charge is -2.13. The van der Waals surface area contributed by atoms with E-state index >= 15 is 0 Å². The summed E-state index contributed by atoms with van der Waals surface area (Å²) < 4.78 is 5.15. The average molecular weight is 343 g/mol. The van der Waals surface area contributed by atoms with Gasteiger partial charge in [0.1, 0.15) is 0 Å². The molecule has 0 radical (unpaired) electrons. The lowest BCUT2D eigenvalue weighted by Crippen LogP contribution is -2.22. The number of para-hydroxylation sites is 1. The number of ether oxygens (including phenoxy) is 1. The number of anilines is 1. The zero-order valence-corrected chi connectivity index (χ0v) is 14.9. The fraction of sp³-hybridized carbons (Fsp3) is 0.263. The maximum absolute atomic E-state index is 12.2. The van der Waals surface area contributed by atoms with Gasteiger partial charge in [0, 0.05) is 10.6 Å². The fourth-order valence-electron chi connectivity index (χ4n) is 2.40. The number of esters is 1. The molecule has 1 N–H and O–H groups in total. The Hall–Kier alpha value is -2.27. The first kappa shape index (κ1) is 18.1. The van der Waals surface area contributed by atoms with Crippen molar-refractivity contribution in [3.05, 3.63) is 59.2 Å². The van der Waals surface area contributed by atoms with Crippen LogP contribution in [0.3, 0.4) is 0 Å². The fourth-order valence-corrected chi connectivity index (χ4v) is 2.99. The zero-order chi connectivity index (χ0) is 17.5. The summed E-state index contributed by atoms with van der Waals surface area (Å²) in [7, 11) is 0. The molecule has 5 heteroatoms. The Kier molecular flexibility index (Phi) is 6.44. The minimum Gasteiger partial charge on any atom is -0.452 e. The van der Waals surface area contributed by atoms with E-state index < -0.39 is 5.97 Å². The first-order valence-electron chi connectivity index (χ1n) is 7.75. The number of hydrogen-bond acceptors (Lipinski definition) is 4. The average Bonchev–Trinajstić information content (AvgIpc) is 2.61. The van der Waals surface area contributed by atoms with Crippen molar-refractivity contribution in [1.82, 2.24) is 0 Å². The maximum atomic E-state index is 12.2. The molecule has 2 aromatic carbocycles. The first-order chi connectivity index (χ1) is 11.6. The minimum absolute atomic E-state index is 0.307. The van der Waals surface area contributed by atoms with Crippen LogP contribution in [0.5, 0.6) is 0 Å². The van der Waals surface area contributed by atoms with Crippen LogP contribution >= 0.6 is 11.8 Å². The molecule has 0 saturated heterocycles. The van der Waals surface area contributed by atoms with Crippen LogP contribution in [0.1, 0.15) is 28.4 Å². The van der Waals surface area contributed by atoms with Gasteiger partial charge >= 0.3 is 5.97 Å². The molecule has 0 bridgehead atoms. The lowest BCUT2D eigenvalue weighted by molar-refractivity contribution is -0.119. The van der Waals surface area contributed by atoms with Crippen LogP contribution < -0.4 is 5.32 Å². The highest BCUT2D eigenvalue weighted by molar-refractivity contribution is 7.98. The minimum atomic E-state index is -0.490. The highest BCUT2D eigenvalue weighted by Crippen LogP contribution is 2.22. The monoisotopic (exact) mass is 343 g/mol. The van der Waals surface area contributed by atoms with E-state index in [0.717, 1.165) is 28.1 Å². The molecule has 0 aromatic heterocycles. The number of thioether (sulfide) groups is 1. The predicted octanol–water partition coefficient (Wildman–Crippen LogP) is 4.07. The smallest absolute Gasteiger partial charge is 0.339 e. The van der Waals surface area contributed by atoms with E-state index in [4.69, 9.17) is 4.74 Å². The molecule has 0 saturated carbocycles. The van der Waals surface area contributed by atoms with Gasteiger partial charge in [-0.15, -0.1) is 11.8 Å². The molecule has 0 aliphatic heterocycles. The van der Waals surface area contributed by atoms with E-state index in [1.54, 1.807) is 12.1 Å². The quantitative estimate of drug-likeness (QED) is 0.634. The Labute approximate surface area is 146 Å². The van der Waals surface area contributed by atoms with Crippen LogP contribution in [0.2, 0.25) is 0 Å². The standard InChI is InChI=1S/C19H21NO3S/c1-4-14-9-7-8-13(2)18(14)20-17(21)12-23-19(22)15-10-5-6-11-16(15)24-3/h5-11H,4,12H2,1-3H3,(H,20,21). The maximum Gasteiger partial charge on any atom is 0.339 e. The molecule has 0 aliphatic carbocycles. The predicted molar refractivity (Wildman–Crippen MR) is 97.7 cm³/mol. The van der Waals surface area contributed by atoms with Crippen LogP contribution in [0.15, 0.2) is 47.4 Å². The molecule has 2 rings (SSSR count). The van der Waals surface area contributed by atoms with Gasteiger partial charge in [-0.2, -0.15) is 0 Å². The summed E-state index contributed by atoms with van der Waals surface area (Å²) in [4.78, 5) is 25.1. The summed E-state index contributed by atoms with van der Waals surface area (Å²) >= 11 is 1.47. The molecule has 4 nitrogen and oxygen atoms in total. The molecule has 0 fully saturated rings. The van der Waals surface area contributed by atoms with Crippen molar-refractivity contribution in [2.24, 2.45) is 0 Å². The van der Waals surface area contributed by atoms with Crippen molar-refractivity contribution >= 4 is 29.3 Å². The number of hydrogen-bond donors (Lipinski definition) is 1. The summed E-state index contributed by atoms with van der Waals surface area (Å²) in [6.07, 6.45) is 2.71. The highest BCUT2D eigenvalue weighted by Gasteiger charge is 2.15. The van der Waals surface area contributed by atoms with E-state index in [0.29, 0.717) is 5.56 Å². The molecule has 0 atom stereocenters. The third kappa shape index (κ3) is 4.38. The Morgan fingerprint density at radius 3 is 2.58 bits per heavy atom. The molecule has 2 aromatic rings. The number of nitrogens with one attached hydrogen (secondary N) is 1. The van der Waals surface area contributed by atoms with Crippen molar-refractivity contribution in [3.8, 4) is 0 Å². The normalized spacial score (nSPS) is 10.3. The van der Waals surface area contributed by atoms with E-state index in [1.165, 1.54) is 11.8 Å². The number of benzene rings is 2. The summed E-state index contributed by atoms with van der Waals surface area (Å²) in [5, 5.41) is 2.84. The molecule has 0 aliphatic rings. The van der Waals surface area contributed by atoms with Crippen LogP contribution in [0.4, 0.5) is 5.69 Å². The van der Waals surface area contributed by atoms with Gasteiger partial charge in [-0.3, -0.25) is 4.79 Å². The Balaban J connectivity index is 2.00. The van der Waals surface area contributed by atoms with Gasteiger partial charge < -0.3 is 10.1 Å². The van der Waals surface area contributed by atoms with Gasteiger partial charge in [0.25, 0.3) is 5.91 Å². The summed E-state index contributed by atoms with van der Waals surface area (Å²) in [6.45, 7) is 3.67. The molecular formula is C19H21NO3S. The largest absolute Gasteiger partial charge is 0.452 e. The molecule has 24 heavy (non-hydrogen) atoms. The number of carbonyl (C=O) groups excluding carboxylic acids is 2. The van der Waals surface area contributed by atoms with Gasteiger partial charge in [-0.25, -0.2) is 4.79 Å². The molecule has 1 amide bonds. The van der Waals surface area contributed by atoms with Gasteiger partial charge in [0.2, 0.25) is 0 Å². The Morgan fingerprint density at radius 1 is 1.12 bits per heavy atom. The molecular weight excluding hydrogens is 322 g/mol. The van der Waals surface area contributed by atoms with E-state index in [1.807, 2.05) is 50.4 Å². The first-order valence-corrected chi connectivity index (χ1v) is 8.97. The summed E-state index contributed by atoms with van der Waals surface area (Å²) in [5.74, 6) is -0.829. The third-order valence-corrected chi connectivity index (χ3v) is 4.46. The lowest BCUT2D eigenvalue weighted by atomic mass is 10.1. The van der Waals surface area contributed by atoms with Crippen LogP contribution in [-0.4, -0.2) is 24.7 Å². The van der Waals surface area contributed by atoms with Crippen molar-refractivity contribution < 1.29 is 14.3 Å². The van der Waals surface area contributed by atoms with Gasteiger partial charge in [-0.1, -0.05) is 37.3 Å². The molecule has 0 unspecified atom stereocenters. The van der Waals surface area contributed by atoms with Crippen molar-refractivity contribution in [1.29, 1.82) is 0 Å². The van der Waals surface area contributed by atoms with Crippen molar-refractivity contribution in [2.75, 3.05) is 18.2 Å². The number of aryl methyl sites for hydroxylation is 2. The van der Waals surface area contributed by atoms with E-state index in [9.17, 15) is 9.59 Å². The molecule has 126 valence electrons. The van der Waals surface area contributed by atoms with E-state index in [-0.39, 0.29) is 12.5 Å². The van der Waals surface area contributed by atoms with Crippen LogP contribution in [0, 0.1) is 6.92 Å². The Morgan fingerprint density at radius 2 is 1.88 bits per heavy atom. The molecule has 0 heterocycles. The SMILES string of the molecule is CCc1cccc(C)c1NC(=O)COC(=O)c1ccccc1SC. The number of amides is 1. The van der Waals surface area contributed by atoms with Gasteiger partial charge in [0.15, 0.2) is 6.61 Å². The van der Waals surface area contributed by atoms with Gasteiger partial charge in [-0.05, 0) is 42.9 Å². The van der Waals surface area contributed by atoms with Crippen LogP contribution in [-0.2, 0) is 16.0 Å². The van der Waals surface area contributed by atoms with Crippen LogP contribution in [0.25, 0.3) is 0 Å². The van der Waals surface area contributed by atoms with E-state index in [2.05, 4.69) is 5.32 Å². The second-order valence-corrected chi connectivity index (χ2v) is 6.14. The second-order valence-electron chi connectivity index (χ2n) is 5.29. The van der Waals surface area contributed by atoms with Crippen molar-refractivity contribution in [2.45, 2.75) is 25.2 Å².